The van der Waals surface area contributed by atoms with Gasteiger partial charge in [-0.3, -0.25) is 0 Å². The van der Waals surface area contributed by atoms with Gasteiger partial charge in [0.1, 0.15) is 11.6 Å². The molecule has 22 heavy (non-hydrogen) atoms. The van der Waals surface area contributed by atoms with E-state index in [1.807, 2.05) is 7.11 Å². The van der Waals surface area contributed by atoms with Crippen LogP contribution in [0.4, 0.5) is 0 Å². The molecular formula is C17H30N4O. The van der Waals surface area contributed by atoms with Gasteiger partial charge in [-0.1, -0.05) is 20.3 Å². The number of fused-ring (bicyclic) bond motifs is 1. The van der Waals surface area contributed by atoms with Crippen molar-refractivity contribution in [3.05, 3.63) is 11.6 Å². The minimum Gasteiger partial charge on any atom is -0.381 e. The molecule has 1 aromatic rings. The molecule has 0 aromatic carbocycles. The fourth-order valence-corrected chi connectivity index (χ4v) is 4.45. The molecule has 1 fully saturated rings. The summed E-state index contributed by atoms with van der Waals surface area (Å²) in [6.45, 7) is 6.48. The largest absolute Gasteiger partial charge is 0.381 e. The Morgan fingerprint density at radius 3 is 2.77 bits per heavy atom. The van der Waals surface area contributed by atoms with Crippen molar-refractivity contribution in [3.63, 3.8) is 0 Å². The number of nitrogens with zero attached hydrogens (tertiary/aromatic N) is 3. The first-order valence-electron chi connectivity index (χ1n) is 8.92. The average molecular weight is 306 g/mol. The first-order valence-corrected chi connectivity index (χ1v) is 8.92. The zero-order valence-electron chi connectivity index (χ0n) is 14.3. The molecule has 0 unspecified atom stereocenters. The van der Waals surface area contributed by atoms with Crippen molar-refractivity contribution in [2.45, 2.75) is 84.0 Å². The molecule has 5 nitrogen and oxygen atoms in total. The van der Waals surface area contributed by atoms with Gasteiger partial charge in [-0.05, 0) is 32.1 Å². The highest BCUT2D eigenvalue weighted by atomic mass is 16.5. The predicted molar refractivity (Wildman–Crippen MR) is 86.6 cm³/mol. The van der Waals surface area contributed by atoms with E-state index in [2.05, 4.69) is 33.9 Å². The molecule has 0 spiro atoms. The summed E-state index contributed by atoms with van der Waals surface area (Å²) in [5, 5.41) is 12.6. The van der Waals surface area contributed by atoms with Crippen molar-refractivity contribution in [1.29, 1.82) is 0 Å². The van der Waals surface area contributed by atoms with Gasteiger partial charge in [0.2, 0.25) is 0 Å². The second-order valence-electron chi connectivity index (χ2n) is 6.83. The summed E-state index contributed by atoms with van der Waals surface area (Å²) >= 11 is 0. The van der Waals surface area contributed by atoms with Crippen molar-refractivity contribution >= 4 is 0 Å². The summed E-state index contributed by atoms with van der Waals surface area (Å²) < 4.78 is 8.02. The Bertz CT molecular complexity index is 495. The van der Waals surface area contributed by atoms with Crippen LogP contribution in [0.25, 0.3) is 0 Å². The first-order chi connectivity index (χ1) is 10.7. The number of ether oxygens (including phenoxy) is 1. The van der Waals surface area contributed by atoms with E-state index in [0.717, 1.165) is 44.6 Å². The van der Waals surface area contributed by atoms with E-state index in [9.17, 15) is 0 Å². The number of nitrogens with one attached hydrogen (secondary N) is 1. The molecule has 0 radical (unpaired) electrons. The summed E-state index contributed by atoms with van der Waals surface area (Å²) in [6, 6.07) is 0.533. The highest BCUT2D eigenvalue weighted by molar-refractivity contribution is 5.07. The predicted octanol–water partition coefficient (Wildman–Crippen LogP) is 2.69. The van der Waals surface area contributed by atoms with Crippen molar-refractivity contribution in [1.82, 2.24) is 20.1 Å². The first kappa shape index (κ1) is 15.9. The zero-order valence-corrected chi connectivity index (χ0v) is 14.3. The molecule has 1 N–H and O–H groups in total. The summed E-state index contributed by atoms with van der Waals surface area (Å²) in [5.41, 5.74) is 0.288. The number of hydrogen-bond acceptors (Lipinski definition) is 4. The molecule has 1 saturated carbocycles. The molecule has 0 bridgehead atoms. The summed E-state index contributed by atoms with van der Waals surface area (Å²) in [4.78, 5) is 0. The molecule has 1 aliphatic carbocycles. The lowest BCUT2D eigenvalue weighted by Gasteiger charge is -2.55. The van der Waals surface area contributed by atoms with E-state index in [-0.39, 0.29) is 5.41 Å². The molecule has 2 atom stereocenters. The molecule has 2 heterocycles. The van der Waals surface area contributed by atoms with Gasteiger partial charge in [0.25, 0.3) is 0 Å². The van der Waals surface area contributed by atoms with Crippen molar-refractivity contribution in [2.75, 3.05) is 7.11 Å². The van der Waals surface area contributed by atoms with Crippen LogP contribution in [0.3, 0.4) is 0 Å². The number of aromatic nitrogens is 3. The third-order valence-electron chi connectivity index (χ3n) is 6.08. The summed E-state index contributed by atoms with van der Waals surface area (Å²) in [5.74, 6) is 2.29. The minimum absolute atomic E-state index is 0.288. The average Bonchev–Trinajstić information content (AvgIpc) is 2.75. The van der Waals surface area contributed by atoms with Gasteiger partial charge in [0, 0.05) is 31.5 Å². The molecule has 3 rings (SSSR count). The second kappa shape index (κ2) is 6.67. The number of hydrogen-bond donors (Lipinski definition) is 1. The van der Waals surface area contributed by atoms with Crippen LogP contribution >= 0.6 is 0 Å². The van der Waals surface area contributed by atoms with Gasteiger partial charge in [0.15, 0.2) is 0 Å². The highest BCUT2D eigenvalue weighted by Gasteiger charge is 2.52. The monoisotopic (exact) mass is 306 g/mol. The van der Waals surface area contributed by atoms with Crippen LogP contribution in [0.15, 0.2) is 0 Å². The standard InChI is InChI=1S/C17H30N4O/c1-4-17(5-2)13(11-14(17)22-3)18-12-16-20-19-15-9-7-6-8-10-21(15)16/h13-14,18H,4-12H2,1-3H3/t13-,14-/m1/s1. The Morgan fingerprint density at radius 2 is 2.05 bits per heavy atom. The van der Waals surface area contributed by atoms with Crippen LogP contribution in [0.2, 0.25) is 0 Å². The Morgan fingerprint density at radius 1 is 1.23 bits per heavy atom. The maximum absolute atomic E-state index is 5.69. The van der Waals surface area contributed by atoms with E-state index in [1.165, 1.54) is 25.1 Å². The van der Waals surface area contributed by atoms with Crippen molar-refractivity contribution < 1.29 is 4.74 Å². The minimum atomic E-state index is 0.288. The van der Waals surface area contributed by atoms with E-state index >= 15 is 0 Å². The lowest BCUT2D eigenvalue weighted by molar-refractivity contribution is -0.124. The third-order valence-corrected chi connectivity index (χ3v) is 6.08. The zero-order chi connectivity index (χ0) is 15.6. The Kier molecular flexibility index (Phi) is 4.83. The van der Waals surface area contributed by atoms with Crippen LogP contribution in [0, 0.1) is 5.41 Å². The molecular weight excluding hydrogens is 276 g/mol. The van der Waals surface area contributed by atoms with Crippen molar-refractivity contribution in [2.24, 2.45) is 5.41 Å². The Balaban J connectivity index is 1.65. The third kappa shape index (κ3) is 2.58. The lowest BCUT2D eigenvalue weighted by Crippen LogP contribution is -2.63. The van der Waals surface area contributed by atoms with Crippen LogP contribution in [0.1, 0.15) is 64.0 Å². The quantitative estimate of drug-likeness (QED) is 0.878. The number of methoxy groups -OCH3 is 1. The summed E-state index contributed by atoms with van der Waals surface area (Å²) in [6.07, 6.45) is 8.73. The summed E-state index contributed by atoms with van der Waals surface area (Å²) in [7, 11) is 1.85. The SMILES string of the molecule is CCC1(CC)[C@H](NCc2nnc3n2CCCCC3)C[C@H]1OC. The van der Waals surface area contributed by atoms with Crippen LogP contribution < -0.4 is 5.32 Å². The molecule has 124 valence electrons. The van der Waals surface area contributed by atoms with Gasteiger partial charge in [-0.25, -0.2) is 0 Å². The van der Waals surface area contributed by atoms with Crippen molar-refractivity contribution in [3.8, 4) is 0 Å². The van der Waals surface area contributed by atoms with Crippen LogP contribution in [-0.2, 0) is 24.2 Å². The smallest absolute Gasteiger partial charge is 0.147 e. The van der Waals surface area contributed by atoms with Gasteiger partial charge in [-0.15, -0.1) is 10.2 Å². The highest BCUT2D eigenvalue weighted by Crippen LogP contribution is 2.48. The lowest BCUT2D eigenvalue weighted by atomic mass is 9.58. The molecule has 0 amide bonds. The number of aryl methyl sites for hydroxylation is 1. The van der Waals surface area contributed by atoms with E-state index in [1.54, 1.807) is 0 Å². The fourth-order valence-electron chi connectivity index (χ4n) is 4.45. The molecule has 5 heteroatoms. The van der Waals surface area contributed by atoms with E-state index in [4.69, 9.17) is 4.74 Å². The fraction of sp³-hybridized carbons (Fsp3) is 0.882. The maximum Gasteiger partial charge on any atom is 0.147 e. The molecule has 0 saturated heterocycles. The topological polar surface area (TPSA) is 52.0 Å². The Labute approximate surface area is 133 Å². The van der Waals surface area contributed by atoms with E-state index in [0.29, 0.717) is 12.1 Å². The van der Waals surface area contributed by atoms with Gasteiger partial charge >= 0.3 is 0 Å². The second-order valence-corrected chi connectivity index (χ2v) is 6.83. The van der Waals surface area contributed by atoms with Gasteiger partial charge in [-0.2, -0.15) is 0 Å². The Hall–Kier alpha value is -0.940. The normalized spacial score (nSPS) is 27.0. The molecule has 2 aliphatic rings. The van der Waals surface area contributed by atoms with E-state index < -0.39 is 0 Å². The molecule has 1 aromatic heterocycles. The van der Waals surface area contributed by atoms with Crippen LogP contribution in [0.5, 0.6) is 0 Å². The maximum atomic E-state index is 5.69. The van der Waals surface area contributed by atoms with Crippen LogP contribution in [-0.4, -0.2) is 34.0 Å². The number of rotatable bonds is 6. The molecule has 1 aliphatic heterocycles. The van der Waals surface area contributed by atoms with Gasteiger partial charge in [0.05, 0.1) is 12.6 Å². The van der Waals surface area contributed by atoms with Gasteiger partial charge < -0.3 is 14.6 Å².